The Labute approximate surface area is 163 Å². The molecule has 5 nitrogen and oxygen atoms in total. The molecule has 2 fully saturated rings. The summed E-state index contributed by atoms with van der Waals surface area (Å²) in [4.78, 5) is 19.1. The minimum atomic E-state index is 0.156. The number of hydrogen-bond donors (Lipinski definition) is 2. The van der Waals surface area contributed by atoms with Gasteiger partial charge in [0.05, 0.1) is 6.54 Å². The molecule has 2 N–H and O–H groups in total. The number of nitrogens with zero attached hydrogens (tertiary/aromatic N) is 2. The number of benzene rings is 1. The van der Waals surface area contributed by atoms with E-state index in [0.29, 0.717) is 12.3 Å². The normalized spacial score (nSPS) is 20.1. The van der Waals surface area contributed by atoms with Gasteiger partial charge in [0.2, 0.25) is 5.91 Å². The summed E-state index contributed by atoms with van der Waals surface area (Å²) in [5, 5.41) is 6.23. The average Bonchev–Trinajstić information content (AvgIpc) is 2.67. The molecule has 1 aliphatic heterocycles. The molecule has 0 spiro atoms. The fourth-order valence-electron chi connectivity index (χ4n) is 4.30. The van der Waals surface area contributed by atoms with Crippen LogP contribution in [0.4, 0.5) is 0 Å². The smallest absolute Gasteiger partial charge is 0.220 e. The van der Waals surface area contributed by atoms with Crippen LogP contribution in [-0.2, 0) is 10.2 Å². The van der Waals surface area contributed by atoms with Crippen molar-refractivity contribution in [1.29, 1.82) is 0 Å². The van der Waals surface area contributed by atoms with Gasteiger partial charge in [-0.3, -0.25) is 9.79 Å². The fourth-order valence-corrected chi connectivity index (χ4v) is 4.30. The van der Waals surface area contributed by atoms with E-state index in [4.69, 9.17) is 4.99 Å². The van der Waals surface area contributed by atoms with Crippen LogP contribution in [0.25, 0.3) is 0 Å². The number of aliphatic imine (C=N–C) groups is 1. The van der Waals surface area contributed by atoms with Gasteiger partial charge in [0, 0.05) is 38.5 Å². The molecular formula is C22H34N4O. The van der Waals surface area contributed by atoms with E-state index in [9.17, 15) is 4.79 Å². The first kappa shape index (κ1) is 19.7. The minimum Gasteiger partial charge on any atom is -0.359 e. The average molecular weight is 371 g/mol. The summed E-state index contributed by atoms with van der Waals surface area (Å²) in [7, 11) is 1.72. The van der Waals surface area contributed by atoms with E-state index in [2.05, 4.69) is 52.8 Å². The van der Waals surface area contributed by atoms with Crippen molar-refractivity contribution < 1.29 is 4.79 Å². The Morgan fingerprint density at radius 3 is 2.48 bits per heavy atom. The van der Waals surface area contributed by atoms with Gasteiger partial charge in [-0.25, -0.2) is 0 Å². The first-order valence-electron chi connectivity index (χ1n) is 10.5. The van der Waals surface area contributed by atoms with Crippen LogP contribution in [0.2, 0.25) is 0 Å². The van der Waals surface area contributed by atoms with Crippen molar-refractivity contribution in [2.24, 2.45) is 10.9 Å². The Hall–Kier alpha value is -2.04. The molecule has 1 saturated heterocycles. The number of rotatable bonds is 6. The Bertz CT molecular complexity index is 631. The summed E-state index contributed by atoms with van der Waals surface area (Å²) in [5.41, 5.74) is 1.65. The standard InChI is InChI=1S/C22H34N4O/c1-3-24-21(26-14-10-18(11-15-26)16-20(27)23-2)25-17-22(12-7-13-22)19-8-5-4-6-9-19/h4-6,8-9,18H,3,7,10-17H2,1-2H3,(H,23,27)(H,24,25). The third kappa shape index (κ3) is 4.82. The molecule has 148 valence electrons. The molecule has 2 aliphatic rings. The van der Waals surface area contributed by atoms with Crippen LogP contribution in [0.5, 0.6) is 0 Å². The maximum absolute atomic E-state index is 11.6. The number of piperidine rings is 1. The zero-order valence-corrected chi connectivity index (χ0v) is 16.8. The van der Waals surface area contributed by atoms with E-state index in [1.54, 1.807) is 7.05 Å². The van der Waals surface area contributed by atoms with Gasteiger partial charge < -0.3 is 15.5 Å². The van der Waals surface area contributed by atoms with E-state index in [1.807, 2.05) is 0 Å². The highest BCUT2D eigenvalue weighted by Gasteiger charge is 2.38. The molecule has 1 aromatic rings. The maximum Gasteiger partial charge on any atom is 0.220 e. The van der Waals surface area contributed by atoms with Gasteiger partial charge in [-0.1, -0.05) is 36.8 Å². The summed E-state index contributed by atoms with van der Waals surface area (Å²) < 4.78 is 0. The molecule has 1 aromatic carbocycles. The van der Waals surface area contributed by atoms with Gasteiger partial charge >= 0.3 is 0 Å². The fraction of sp³-hybridized carbons (Fsp3) is 0.636. The predicted molar refractivity (Wildman–Crippen MR) is 111 cm³/mol. The molecule has 0 atom stereocenters. The second-order valence-electron chi connectivity index (χ2n) is 7.98. The second-order valence-corrected chi connectivity index (χ2v) is 7.98. The number of likely N-dealkylation sites (tertiary alicyclic amines) is 1. The SMILES string of the molecule is CCNC(=NCC1(c2ccccc2)CCC1)N1CCC(CC(=O)NC)CC1. The van der Waals surface area contributed by atoms with E-state index in [-0.39, 0.29) is 11.3 Å². The Kier molecular flexibility index (Phi) is 6.75. The monoisotopic (exact) mass is 370 g/mol. The van der Waals surface area contributed by atoms with E-state index < -0.39 is 0 Å². The third-order valence-electron chi connectivity index (χ3n) is 6.23. The lowest BCUT2D eigenvalue weighted by molar-refractivity contribution is -0.121. The number of guanidine groups is 1. The molecule has 5 heteroatoms. The number of carbonyl (C=O) groups excluding carboxylic acids is 1. The minimum absolute atomic E-state index is 0.156. The summed E-state index contributed by atoms with van der Waals surface area (Å²) in [6, 6.07) is 10.9. The van der Waals surface area contributed by atoms with E-state index in [0.717, 1.165) is 45.0 Å². The summed E-state index contributed by atoms with van der Waals surface area (Å²) >= 11 is 0. The van der Waals surface area contributed by atoms with Crippen LogP contribution >= 0.6 is 0 Å². The predicted octanol–water partition coefficient (Wildman–Crippen LogP) is 2.92. The summed E-state index contributed by atoms with van der Waals surface area (Å²) in [6.07, 6.45) is 6.52. The van der Waals surface area contributed by atoms with Crippen LogP contribution in [-0.4, -0.2) is 50.0 Å². The van der Waals surface area contributed by atoms with Crippen LogP contribution in [0.1, 0.15) is 51.0 Å². The zero-order chi connectivity index (χ0) is 19.1. The molecule has 0 bridgehead atoms. The lowest BCUT2D eigenvalue weighted by Crippen LogP contribution is -2.47. The van der Waals surface area contributed by atoms with Crippen LogP contribution in [0, 0.1) is 5.92 Å². The number of nitrogens with one attached hydrogen (secondary N) is 2. The Balaban J connectivity index is 1.63. The highest BCUT2D eigenvalue weighted by Crippen LogP contribution is 2.43. The largest absolute Gasteiger partial charge is 0.359 e. The van der Waals surface area contributed by atoms with Crippen LogP contribution < -0.4 is 10.6 Å². The third-order valence-corrected chi connectivity index (χ3v) is 6.23. The Morgan fingerprint density at radius 1 is 1.22 bits per heavy atom. The number of hydrogen-bond acceptors (Lipinski definition) is 2. The number of carbonyl (C=O) groups is 1. The van der Waals surface area contributed by atoms with Crippen molar-refractivity contribution in [2.75, 3.05) is 33.2 Å². The van der Waals surface area contributed by atoms with Gasteiger partial charge in [0.25, 0.3) is 0 Å². The highest BCUT2D eigenvalue weighted by atomic mass is 16.1. The van der Waals surface area contributed by atoms with Gasteiger partial charge in [-0.05, 0) is 44.1 Å². The summed E-state index contributed by atoms with van der Waals surface area (Å²) in [5.74, 6) is 1.69. The lowest BCUT2D eigenvalue weighted by atomic mass is 9.64. The van der Waals surface area contributed by atoms with Crippen molar-refractivity contribution in [3.8, 4) is 0 Å². The quantitative estimate of drug-likeness (QED) is 0.598. The molecule has 0 radical (unpaired) electrons. The molecule has 0 unspecified atom stereocenters. The maximum atomic E-state index is 11.6. The molecule has 1 aliphatic carbocycles. The topological polar surface area (TPSA) is 56.7 Å². The lowest BCUT2D eigenvalue weighted by Gasteiger charge is -2.42. The highest BCUT2D eigenvalue weighted by molar-refractivity contribution is 5.80. The molecule has 1 saturated carbocycles. The summed E-state index contributed by atoms with van der Waals surface area (Å²) in [6.45, 7) is 5.83. The van der Waals surface area contributed by atoms with Crippen molar-refractivity contribution in [1.82, 2.24) is 15.5 Å². The molecule has 1 amide bonds. The van der Waals surface area contributed by atoms with Crippen molar-refractivity contribution in [2.45, 2.75) is 50.9 Å². The van der Waals surface area contributed by atoms with E-state index in [1.165, 1.54) is 24.8 Å². The van der Waals surface area contributed by atoms with Gasteiger partial charge in [0.15, 0.2) is 5.96 Å². The van der Waals surface area contributed by atoms with Crippen LogP contribution in [0.15, 0.2) is 35.3 Å². The van der Waals surface area contributed by atoms with Gasteiger partial charge in [-0.15, -0.1) is 0 Å². The molecule has 27 heavy (non-hydrogen) atoms. The van der Waals surface area contributed by atoms with Crippen LogP contribution in [0.3, 0.4) is 0 Å². The zero-order valence-electron chi connectivity index (χ0n) is 16.8. The Morgan fingerprint density at radius 2 is 1.93 bits per heavy atom. The molecule has 1 heterocycles. The molecular weight excluding hydrogens is 336 g/mol. The second kappa shape index (κ2) is 9.25. The first-order valence-corrected chi connectivity index (χ1v) is 10.5. The van der Waals surface area contributed by atoms with Crippen molar-refractivity contribution in [3.63, 3.8) is 0 Å². The van der Waals surface area contributed by atoms with E-state index >= 15 is 0 Å². The van der Waals surface area contributed by atoms with Gasteiger partial charge in [0.1, 0.15) is 0 Å². The first-order chi connectivity index (χ1) is 13.2. The molecule has 0 aromatic heterocycles. The van der Waals surface area contributed by atoms with Gasteiger partial charge in [-0.2, -0.15) is 0 Å². The van der Waals surface area contributed by atoms with Crippen molar-refractivity contribution in [3.05, 3.63) is 35.9 Å². The molecule has 3 rings (SSSR count). The van der Waals surface area contributed by atoms with Crippen molar-refractivity contribution >= 4 is 11.9 Å². The number of amides is 1.